The van der Waals surface area contributed by atoms with Crippen molar-refractivity contribution in [2.24, 2.45) is 5.73 Å². The van der Waals surface area contributed by atoms with Crippen molar-refractivity contribution in [2.45, 2.75) is 13.0 Å². The molecule has 0 radical (unpaired) electrons. The van der Waals surface area contributed by atoms with Gasteiger partial charge in [-0.25, -0.2) is 4.98 Å². The lowest BCUT2D eigenvalue weighted by molar-refractivity contribution is 0.0979. The van der Waals surface area contributed by atoms with Crippen molar-refractivity contribution < 1.29 is 9.59 Å². The van der Waals surface area contributed by atoms with Crippen molar-refractivity contribution in [2.75, 3.05) is 5.32 Å². The number of benzene rings is 2. The third kappa shape index (κ3) is 2.56. The molecule has 4 rings (SSSR count). The van der Waals surface area contributed by atoms with Crippen molar-refractivity contribution in [1.82, 2.24) is 4.98 Å². The highest BCUT2D eigenvalue weighted by atomic mass is 32.1. The number of thiazole rings is 1. The molecule has 0 amide bonds. The molecule has 5 nitrogen and oxygen atoms in total. The highest BCUT2D eigenvalue weighted by Gasteiger charge is 2.31. The lowest BCUT2D eigenvalue weighted by Gasteiger charge is -2.20. The Morgan fingerprint density at radius 2 is 1.68 bits per heavy atom. The standard InChI is InChI=1S/C19H15N3O2S/c1-10(20)15-9-25-19(22-15)21-14-8-4-7-13-16(14)18(24)12-6-3-2-5-11(12)17(13)23/h2-10H,20H2,1H3,(H,21,22). The molecule has 124 valence electrons. The van der Waals surface area contributed by atoms with Gasteiger partial charge in [0, 0.05) is 28.1 Å². The molecule has 1 heterocycles. The first-order valence-corrected chi connectivity index (χ1v) is 8.73. The molecule has 3 N–H and O–H groups in total. The second kappa shape index (κ2) is 5.91. The fraction of sp³-hybridized carbons (Fsp3) is 0.105. The minimum absolute atomic E-state index is 0.135. The Hall–Kier alpha value is -2.83. The maximum absolute atomic E-state index is 12.9. The number of fused-ring (bicyclic) bond motifs is 2. The number of hydrogen-bond acceptors (Lipinski definition) is 6. The van der Waals surface area contributed by atoms with Crippen LogP contribution >= 0.6 is 11.3 Å². The maximum Gasteiger partial charge on any atom is 0.196 e. The molecule has 0 bridgehead atoms. The van der Waals surface area contributed by atoms with E-state index in [9.17, 15) is 9.59 Å². The Labute approximate surface area is 148 Å². The van der Waals surface area contributed by atoms with Gasteiger partial charge in [-0.15, -0.1) is 11.3 Å². The fourth-order valence-corrected chi connectivity index (χ4v) is 3.74. The van der Waals surface area contributed by atoms with Crippen LogP contribution < -0.4 is 11.1 Å². The number of carbonyl (C=O) groups is 2. The summed E-state index contributed by atoms with van der Waals surface area (Å²) >= 11 is 1.41. The van der Waals surface area contributed by atoms with Crippen LogP contribution in [0.3, 0.4) is 0 Å². The Morgan fingerprint density at radius 1 is 1.00 bits per heavy atom. The molecule has 1 aliphatic carbocycles. The molecule has 1 unspecified atom stereocenters. The van der Waals surface area contributed by atoms with Crippen LogP contribution in [0.5, 0.6) is 0 Å². The Morgan fingerprint density at radius 3 is 2.36 bits per heavy atom. The molecule has 1 atom stereocenters. The van der Waals surface area contributed by atoms with Crippen LogP contribution in [0, 0.1) is 0 Å². The summed E-state index contributed by atoms with van der Waals surface area (Å²) in [7, 11) is 0. The molecular formula is C19H15N3O2S. The highest BCUT2D eigenvalue weighted by Crippen LogP contribution is 2.34. The van der Waals surface area contributed by atoms with Crippen LogP contribution in [0.15, 0.2) is 47.8 Å². The summed E-state index contributed by atoms with van der Waals surface area (Å²) in [6.45, 7) is 1.86. The van der Waals surface area contributed by atoms with Crippen molar-refractivity contribution in [3.8, 4) is 0 Å². The van der Waals surface area contributed by atoms with Gasteiger partial charge in [0.05, 0.1) is 16.9 Å². The van der Waals surface area contributed by atoms with Crippen molar-refractivity contribution in [1.29, 1.82) is 0 Å². The number of nitrogens with one attached hydrogen (secondary N) is 1. The molecule has 2 aromatic carbocycles. The third-order valence-electron chi connectivity index (χ3n) is 4.18. The first-order chi connectivity index (χ1) is 12.1. The predicted octanol–water partition coefficient (Wildman–Crippen LogP) is 3.68. The summed E-state index contributed by atoms with van der Waals surface area (Å²) < 4.78 is 0. The van der Waals surface area contributed by atoms with E-state index in [-0.39, 0.29) is 17.6 Å². The summed E-state index contributed by atoms with van der Waals surface area (Å²) in [6, 6.07) is 12.0. The molecule has 1 aromatic heterocycles. The molecule has 0 saturated carbocycles. The first kappa shape index (κ1) is 15.7. The molecule has 0 aliphatic heterocycles. The van der Waals surface area contributed by atoms with Gasteiger partial charge in [0.1, 0.15) is 0 Å². The number of nitrogens with zero attached hydrogens (tertiary/aromatic N) is 1. The zero-order chi connectivity index (χ0) is 17.6. The van der Waals surface area contributed by atoms with E-state index in [0.29, 0.717) is 33.1 Å². The minimum atomic E-state index is -0.161. The molecular weight excluding hydrogens is 334 g/mol. The summed E-state index contributed by atoms with van der Waals surface area (Å²) in [6.07, 6.45) is 0. The Bertz CT molecular complexity index is 1010. The van der Waals surface area contributed by atoms with E-state index in [1.807, 2.05) is 12.3 Å². The maximum atomic E-state index is 12.9. The smallest absolute Gasteiger partial charge is 0.196 e. The number of ketones is 2. The van der Waals surface area contributed by atoms with E-state index in [1.54, 1.807) is 42.5 Å². The largest absolute Gasteiger partial charge is 0.331 e. The minimum Gasteiger partial charge on any atom is -0.331 e. The molecule has 1 aliphatic rings. The highest BCUT2D eigenvalue weighted by molar-refractivity contribution is 7.13. The summed E-state index contributed by atoms with van der Waals surface area (Å²) in [5, 5.41) is 5.69. The number of nitrogens with two attached hydrogens (primary N) is 1. The van der Waals surface area contributed by atoms with E-state index >= 15 is 0 Å². The topological polar surface area (TPSA) is 85.1 Å². The second-order valence-electron chi connectivity index (χ2n) is 5.92. The van der Waals surface area contributed by atoms with E-state index in [4.69, 9.17) is 5.73 Å². The van der Waals surface area contributed by atoms with E-state index in [2.05, 4.69) is 10.3 Å². The van der Waals surface area contributed by atoms with Crippen LogP contribution in [0.2, 0.25) is 0 Å². The average molecular weight is 349 g/mol. The van der Waals surface area contributed by atoms with Crippen LogP contribution in [0.4, 0.5) is 10.8 Å². The van der Waals surface area contributed by atoms with Gasteiger partial charge >= 0.3 is 0 Å². The van der Waals surface area contributed by atoms with Gasteiger partial charge in [-0.1, -0.05) is 36.4 Å². The predicted molar refractivity (Wildman–Crippen MR) is 97.7 cm³/mol. The Kier molecular flexibility index (Phi) is 3.71. The first-order valence-electron chi connectivity index (χ1n) is 7.85. The quantitative estimate of drug-likeness (QED) is 0.589. The molecule has 0 spiro atoms. The molecule has 25 heavy (non-hydrogen) atoms. The van der Waals surface area contributed by atoms with Gasteiger partial charge in [0.25, 0.3) is 0 Å². The number of anilines is 2. The molecule has 0 fully saturated rings. The summed E-state index contributed by atoms with van der Waals surface area (Å²) in [5.74, 6) is -0.290. The van der Waals surface area contributed by atoms with Gasteiger partial charge in [0.2, 0.25) is 0 Å². The van der Waals surface area contributed by atoms with E-state index in [0.717, 1.165) is 5.69 Å². The van der Waals surface area contributed by atoms with Crippen molar-refractivity contribution in [3.63, 3.8) is 0 Å². The lowest BCUT2D eigenvalue weighted by Crippen LogP contribution is -2.22. The van der Waals surface area contributed by atoms with E-state index in [1.165, 1.54) is 11.3 Å². The van der Waals surface area contributed by atoms with Crippen LogP contribution in [-0.2, 0) is 0 Å². The number of carbonyl (C=O) groups excluding carboxylic acids is 2. The van der Waals surface area contributed by atoms with Crippen LogP contribution in [-0.4, -0.2) is 16.6 Å². The van der Waals surface area contributed by atoms with Gasteiger partial charge in [0.15, 0.2) is 16.7 Å². The van der Waals surface area contributed by atoms with Gasteiger partial charge in [-0.05, 0) is 13.0 Å². The van der Waals surface area contributed by atoms with Crippen LogP contribution in [0.1, 0.15) is 50.5 Å². The third-order valence-corrected chi connectivity index (χ3v) is 4.96. The van der Waals surface area contributed by atoms with Crippen LogP contribution in [0.25, 0.3) is 0 Å². The Balaban J connectivity index is 1.79. The van der Waals surface area contributed by atoms with Gasteiger partial charge in [-0.2, -0.15) is 0 Å². The van der Waals surface area contributed by atoms with Gasteiger partial charge in [-0.3, -0.25) is 9.59 Å². The zero-order valence-corrected chi connectivity index (χ0v) is 14.3. The molecule has 3 aromatic rings. The van der Waals surface area contributed by atoms with Crippen molar-refractivity contribution in [3.05, 3.63) is 75.8 Å². The van der Waals surface area contributed by atoms with Crippen molar-refractivity contribution >= 4 is 33.7 Å². The number of hydrogen-bond donors (Lipinski definition) is 2. The number of aromatic nitrogens is 1. The SMILES string of the molecule is CC(N)c1csc(Nc2cccc3c2C(=O)c2ccccc2C3=O)n1. The molecule has 6 heteroatoms. The lowest BCUT2D eigenvalue weighted by atomic mass is 9.83. The summed E-state index contributed by atoms with van der Waals surface area (Å²) in [4.78, 5) is 30.1. The molecule has 0 saturated heterocycles. The number of rotatable bonds is 3. The van der Waals surface area contributed by atoms with Gasteiger partial charge < -0.3 is 11.1 Å². The second-order valence-corrected chi connectivity index (χ2v) is 6.78. The zero-order valence-electron chi connectivity index (χ0n) is 13.4. The normalized spacial score (nSPS) is 14.0. The summed E-state index contributed by atoms with van der Waals surface area (Å²) in [5.41, 5.74) is 8.90. The monoisotopic (exact) mass is 349 g/mol. The van der Waals surface area contributed by atoms with E-state index < -0.39 is 0 Å². The fourth-order valence-electron chi connectivity index (χ4n) is 2.92. The average Bonchev–Trinajstić information content (AvgIpc) is 3.08.